The summed E-state index contributed by atoms with van der Waals surface area (Å²) >= 11 is 2.21. The molecular weight excluding hydrogens is 351 g/mol. The quantitative estimate of drug-likeness (QED) is 0.842. The minimum absolute atomic E-state index is 0.0181. The fourth-order valence-electron chi connectivity index (χ4n) is 1.74. The lowest BCUT2D eigenvalue weighted by Crippen LogP contribution is -2.30. The zero-order valence-corrected chi connectivity index (χ0v) is 12.8. The van der Waals surface area contributed by atoms with E-state index in [2.05, 4.69) is 27.9 Å². The minimum Gasteiger partial charge on any atom is -0.365 e. The molecule has 0 spiro atoms. The average molecular weight is 366 g/mol. The fourth-order valence-corrected chi connectivity index (χ4v) is 2.26. The first-order valence-electron chi connectivity index (χ1n) is 5.97. The average Bonchev–Trinajstić information content (AvgIpc) is 2.42. The SMILES string of the molecule is CN(CC(=O)Nc1ccccc1I)c1ccccc1. The minimum atomic E-state index is -0.0181. The molecule has 0 heterocycles. The number of anilines is 2. The summed E-state index contributed by atoms with van der Waals surface area (Å²) in [7, 11) is 1.91. The van der Waals surface area contributed by atoms with Crippen molar-refractivity contribution < 1.29 is 4.79 Å². The van der Waals surface area contributed by atoms with Gasteiger partial charge in [-0.25, -0.2) is 0 Å². The molecule has 1 amide bonds. The lowest BCUT2D eigenvalue weighted by atomic mass is 10.3. The van der Waals surface area contributed by atoms with E-state index in [-0.39, 0.29) is 5.91 Å². The Kier molecular flexibility index (Phi) is 4.79. The molecule has 0 aromatic heterocycles. The van der Waals surface area contributed by atoms with Gasteiger partial charge in [0, 0.05) is 16.3 Å². The molecule has 0 bridgehead atoms. The lowest BCUT2D eigenvalue weighted by molar-refractivity contribution is -0.114. The first-order chi connectivity index (χ1) is 9.16. The van der Waals surface area contributed by atoms with Crippen LogP contribution in [0, 0.1) is 3.57 Å². The smallest absolute Gasteiger partial charge is 0.243 e. The fraction of sp³-hybridized carbons (Fsp3) is 0.133. The van der Waals surface area contributed by atoms with Gasteiger partial charge in [-0.1, -0.05) is 30.3 Å². The number of likely N-dealkylation sites (N-methyl/N-ethyl adjacent to an activating group) is 1. The van der Waals surface area contributed by atoms with Crippen molar-refractivity contribution in [2.45, 2.75) is 0 Å². The number of hydrogen-bond acceptors (Lipinski definition) is 2. The Morgan fingerprint density at radius 2 is 1.74 bits per heavy atom. The van der Waals surface area contributed by atoms with Gasteiger partial charge in [-0.15, -0.1) is 0 Å². The van der Waals surface area contributed by atoms with E-state index in [1.165, 1.54) is 0 Å². The highest BCUT2D eigenvalue weighted by molar-refractivity contribution is 14.1. The first-order valence-corrected chi connectivity index (χ1v) is 7.05. The monoisotopic (exact) mass is 366 g/mol. The van der Waals surface area contributed by atoms with Crippen LogP contribution in [0.3, 0.4) is 0 Å². The molecule has 0 radical (unpaired) electrons. The van der Waals surface area contributed by atoms with E-state index < -0.39 is 0 Å². The van der Waals surface area contributed by atoms with Crippen LogP contribution in [0.25, 0.3) is 0 Å². The number of carbonyl (C=O) groups excluding carboxylic acids is 1. The van der Waals surface area contributed by atoms with E-state index in [0.29, 0.717) is 6.54 Å². The van der Waals surface area contributed by atoms with Crippen molar-refractivity contribution in [3.05, 3.63) is 58.2 Å². The van der Waals surface area contributed by atoms with Gasteiger partial charge in [-0.05, 0) is 46.9 Å². The zero-order chi connectivity index (χ0) is 13.7. The second kappa shape index (κ2) is 6.56. The van der Waals surface area contributed by atoms with Gasteiger partial charge in [0.1, 0.15) is 0 Å². The van der Waals surface area contributed by atoms with Crippen molar-refractivity contribution in [2.24, 2.45) is 0 Å². The predicted molar refractivity (Wildman–Crippen MR) is 87.5 cm³/mol. The maximum absolute atomic E-state index is 12.0. The van der Waals surface area contributed by atoms with Crippen LogP contribution < -0.4 is 10.2 Å². The highest BCUT2D eigenvalue weighted by Gasteiger charge is 2.08. The van der Waals surface area contributed by atoms with E-state index in [0.717, 1.165) is 14.9 Å². The van der Waals surface area contributed by atoms with E-state index in [9.17, 15) is 4.79 Å². The molecule has 2 aromatic carbocycles. The molecule has 0 aliphatic rings. The number of nitrogens with one attached hydrogen (secondary N) is 1. The predicted octanol–water partition coefficient (Wildman–Crippen LogP) is 3.37. The third-order valence-electron chi connectivity index (χ3n) is 2.73. The van der Waals surface area contributed by atoms with E-state index in [4.69, 9.17) is 0 Å². The Morgan fingerprint density at radius 1 is 1.11 bits per heavy atom. The normalized spacial score (nSPS) is 10.0. The number of amides is 1. The van der Waals surface area contributed by atoms with Gasteiger partial charge >= 0.3 is 0 Å². The van der Waals surface area contributed by atoms with Crippen LogP contribution in [0.15, 0.2) is 54.6 Å². The Hall–Kier alpha value is -1.56. The van der Waals surface area contributed by atoms with Crippen molar-refractivity contribution in [3.63, 3.8) is 0 Å². The topological polar surface area (TPSA) is 32.3 Å². The Labute approximate surface area is 126 Å². The molecule has 0 atom stereocenters. The molecule has 19 heavy (non-hydrogen) atoms. The van der Waals surface area contributed by atoms with Crippen molar-refractivity contribution in [1.29, 1.82) is 0 Å². The third kappa shape index (κ3) is 3.96. The van der Waals surface area contributed by atoms with Gasteiger partial charge in [0.15, 0.2) is 0 Å². The summed E-state index contributed by atoms with van der Waals surface area (Å²) in [4.78, 5) is 13.9. The second-order valence-corrected chi connectivity index (χ2v) is 5.38. The molecule has 2 rings (SSSR count). The summed E-state index contributed by atoms with van der Waals surface area (Å²) in [6, 6.07) is 17.6. The Balaban J connectivity index is 1.97. The number of rotatable bonds is 4. The second-order valence-electron chi connectivity index (χ2n) is 4.22. The molecule has 1 N–H and O–H groups in total. The molecule has 4 heteroatoms. The Morgan fingerprint density at radius 3 is 2.42 bits per heavy atom. The summed E-state index contributed by atoms with van der Waals surface area (Å²) in [5, 5.41) is 2.92. The van der Waals surface area contributed by atoms with Gasteiger partial charge in [-0.3, -0.25) is 4.79 Å². The number of para-hydroxylation sites is 2. The molecule has 2 aromatic rings. The van der Waals surface area contributed by atoms with Crippen molar-refractivity contribution in [2.75, 3.05) is 23.8 Å². The summed E-state index contributed by atoms with van der Waals surface area (Å²) in [5.74, 6) is -0.0181. The number of halogens is 1. The van der Waals surface area contributed by atoms with Crippen LogP contribution in [0.4, 0.5) is 11.4 Å². The summed E-state index contributed by atoms with van der Waals surface area (Å²) in [6.07, 6.45) is 0. The van der Waals surface area contributed by atoms with Crippen molar-refractivity contribution in [1.82, 2.24) is 0 Å². The van der Waals surface area contributed by atoms with Gasteiger partial charge in [0.05, 0.1) is 12.2 Å². The summed E-state index contributed by atoms with van der Waals surface area (Å²) < 4.78 is 1.04. The van der Waals surface area contributed by atoms with Crippen LogP contribution in [-0.2, 0) is 4.79 Å². The molecule has 0 unspecified atom stereocenters. The third-order valence-corrected chi connectivity index (χ3v) is 3.67. The first kappa shape index (κ1) is 13.9. The standard InChI is InChI=1S/C15H15IN2O/c1-18(12-7-3-2-4-8-12)11-15(19)17-14-10-6-5-9-13(14)16/h2-10H,11H2,1H3,(H,17,19). The van der Waals surface area contributed by atoms with E-state index in [1.807, 2.05) is 66.5 Å². The Bertz CT molecular complexity index is 557. The maximum atomic E-state index is 12.0. The number of carbonyl (C=O) groups is 1. The largest absolute Gasteiger partial charge is 0.365 e. The molecule has 3 nitrogen and oxygen atoms in total. The van der Waals surface area contributed by atoms with Gasteiger partial charge < -0.3 is 10.2 Å². The van der Waals surface area contributed by atoms with Crippen LogP contribution in [-0.4, -0.2) is 19.5 Å². The van der Waals surface area contributed by atoms with Crippen LogP contribution >= 0.6 is 22.6 Å². The number of hydrogen-bond donors (Lipinski definition) is 1. The molecule has 98 valence electrons. The maximum Gasteiger partial charge on any atom is 0.243 e. The highest BCUT2D eigenvalue weighted by atomic mass is 127. The van der Waals surface area contributed by atoms with E-state index >= 15 is 0 Å². The molecule has 0 saturated heterocycles. The van der Waals surface area contributed by atoms with Gasteiger partial charge in [0.25, 0.3) is 0 Å². The molecular formula is C15H15IN2O. The van der Waals surface area contributed by atoms with Gasteiger partial charge in [-0.2, -0.15) is 0 Å². The zero-order valence-electron chi connectivity index (χ0n) is 10.6. The number of benzene rings is 2. The van der Waals surface area contributed by atoms with Crippen molar-refractivity contribution in [3.8, 4) is 0 Å². The molecule has 0 saturated carbocycles. The summed E-state index contributed by atoms with van der Waals surface area (Å²) in [5.41, 5.74) is 1.88. The molecule has 0 aliphatic heterocycles. The van der Waals surface area contributed by atoms with Crippen LogP contribution in [0.1, 0.15) is 0 Å². The molecule has 0 fully saturated rings. The number of nitrogens with zero attached hydrogens (tertiary/aromatic N) is 1. The van der Waals surface area contributed by atoms with Gasteiger partial charge in [0.2, 0.25) is 5.91 Å². The summed E-state index contributed by atoms with van der Waals surface area (Å²) in [6.45, 7) is 0.328. The van der Waals surface area contributed by atoms with Crippen LogP contribution in [0.5, 0.6) is 0 Å². The van der Waals surface area contributed by atoms with Crippen LogP contribution in [0.2, 0.25) is 0 Å². The lowest BCUT2D eigenvalue weighted by Gasteiger charge is -2.18. The van der Waals surface area contributed by atoms with Crippen molar-refractivity contribution >= 4 is 39.9 Å². The van der Waals surface area contributed by atoms with E-state index in [1.54, 1.807) is 0 Å². The highest BCUT2D eigenvalue weighted by Crippen LogP contribution is 2.17. The molecule has 0 aliphatic carbocycles.